The third-order valence-electron chi connectivity index (χ3n) is 0. The monoisotopic (exact) mass is 85.0 g/mol. The van der Waals surface area contributed by atoms with Gasteiger partial charge in [-0.3, -0.25) is 0 Å². The van der Waals surface area contributed by atoms with Crippen LogP contribution in [0.15, 0.2) is 0 Å². The minimum absolute atomic E-state index is 0. The van der Waals surface area contributed by atoms with Gasteiger partial charge < -0.3 is 0 Å². The van der Waals surface area contributed by atoms with E-state index in [0.29, 0.717) is 0 Å². The van der Waals surface area contributed by atoms with Crippen LogP contribution >= 0.6 is 0 Å². The maximum atomic E-state index is 0. The van der Waals surface area contributed by atoms with Crippen molar-refractivity contribution in [3.8, 4) is 0 Å². The van der Waals surface area contributed by atoms with E-state index in [1.54, 1.807) is 0 Å². The molecule has 3 heteroatoms. The summed E-state index contributed by atoms with van der Waals surface area (Å²) in [7, 11) is 0. The van der Waals surface area contributed by atoms with Gasteiger partial charge in [0.05, 0.1) is 0 Å². The molecule has 4 heavy (non-hydrogen) atoms. The Labute approximate surface area is 61.9 Å². The topological polar surface area (TPSA) is 0 Å². The second kappa shape index (κ2) is 22.1. The Kier molecular flexibility index (Phi) is 239. The molecule has 0 fully saturated rings. The zero-order chi connectivity index (χ0) is 0. The first kappa shape index (κ1) is 43.2. The van der Waals surface area contributed by atoms with E-state index in [2.05, 4.69) is 0 Å². The molecule has 0 amide bonds. The van der Waals surface area contributed by atoms with E-state index in [9.17, 15) is 0 Å². The van der Waals surface area contributed by atoms with Gasteiger partial charge in [-0.2, -0.15) is 0 Å². The molecule has 0 atom stereocenters. The Bertz CT molecular complexity index is 6.00. The molecule has 0 saturated heterocycles. The molecule has 0 nitrogen and oxygen atoms in total. The van der Waals surface area contributed by atoms with Crippen LogP contribution < -0.4 is 0 Å². The fourth-order valence-electron chi connectivity index (χ4n) is 0. The van der Waals surface area contributed by atoms with Crippen LogP contribution in [0.3, 0.4) is 0 Å². The van der Waals surface area contributed by atoms with Gasteiger partial charge in [0.2, 0.25) is 0 Å². The third kappa shape index (κ3) is 9.31. The van der Waals surface area contributed by atoms with E-state index in [1.807, 2.05) is 0 Å². The van der Waals surface area contributed by atoms with E-state index in [4.69, 9.17) is 0 Å². The maximum Gasteiger partial charge on any atom is 0 e. The van der Waals surface area contributed by atoms with Gasteiger partial charge in [0.15, 0.2) is 0 Å². The first-order chi connectivity index (χ1) is 0. The van der Waals surface area contributed by atoms with E-state index < -0.39 is 0 Å². The van der Waals surface area contributed by atoms with Crippen molar-refractivity contribution in [3.05, 3.63) is 0 Å². The molecule has 0 aliphatic carbocycles. The smallest absolute Gasteiger partial charge is 0 e. The summed E-state index contributed by atoms with van der Waals surface area (Å²) >= 11 is 0. The third-order valence-corrected chi connectivity index (χ3v) is 0. The first-order valence-electron chi connectivity index (χ1n) is 0. The maximum absolute atomic E-state index is 0. The average molecular weight is 84.9 g/mol. The summed E-state index contributed by atoms with van der Waals surface area (Å²) in [6.45, 7) is 0. The van der Waals surface area contributed by atoms with Crippen LogP contribution in [0.1, 0.15) is 7.43 Å². The van der Waals surface area contributed by atoms with Crippen molar-refractivity contribution >= 4 is 37.7 Å². The summed E-state index contributed by atoms with van der Waals surface area (Å²) in [4.78, 5) is 0. The quantitative estimate of drug-likeness (QED) is 0.359. The van der Waals surface area contributed by atoms with Crippen molar-refractivity contribution in [2.24, 2.45) is 0 Å². The van der Waals surface area contributed by atoms with Crippen molar-refractivity contribution in [1.29, 1.82) is 0 Å². The Balaban J connectivity index is 0. The van der Waals surface area contributed by atoms with E-state index in [0.717, 1.165) is 0 Å². The molecule has 0 aliphatic rings. The van der Waals surface area contributed by atoms with Crippen LogP contribution in [-0.4, -0.2) is 37.7 Å². The molecule has 0 aliphatic heterocycles. The van der Waals surface area contributed by atoms with Crippen LogP contribution in [0.5, 0.6) is 0 Å². The van der Waals surface area contributed by atoms with Crippen molar-refractivity contribution in [2.45, 2.75) is 7.43 Å². The minimum Gasteiger partial charge on any atom is -0.0776 e. The zero-order valence-electron chi connectivity index (χ0n) is 2.38. The first-order valence-corrected chi connectivity index (χ1v) is 0. The van der Waals surface area contributed by atoms with Gasteiger partial charge in [0.1, 0.15) is 0 Å². The number of hydrogen-bond donors (Lipinski definition) is 0. The average Bonchev–Trinajstić information content (AvgIpc) is 0. The van der Waals surface area contributed by atoms with Crippen LogP contribution in [-0.2, 0) is 17.1 Å². The van der Waals surface area contributed by atoms with E-state index in [1.165, 1.54) is 0 Å². The minimum atomic E-state index is 0. The molecule has 0 heterocycles. The fraction of sp³-hybridized carbons (Fsp3) is 1.00. The van der Waals surface area contributed by atoms with Crippen LogP contribution in [0.25, 0.3) is 0 Å². The van der Waals surface area contributed by atoms with Crippen LogP contribution in [0, 0.1) is 0 Å². The van der Waals surface area contributed by atoms with E-state index >= 15 is 0 Å². The van der Waals surface area contributed by atoms with Gasteiger partial charge in [0, 0.05) is 54.8 Å². The van der Waals surface area contributed by atoms with Gasteiger partial charge in [-0.25, -0.2) is 0 Å². The van der Waals surface area contributed by atoms with Crippen LogP contribution in [0.2, 0.25) is 0 Å². The molecule has 0 unspecified atom stereocenters. The Morgan fingerprint density at radius 1 is 0.750 bits per heavy atom. The van der Waals surface area contributed by atoms with Gasteiger partial charge >= 0.3 is 0 Å². The predicted molar refractivity (Wildman–Crippen MR) is 18.2 cm³/mol. The van der Waals surface area contributed by atoms with Gasteiger partial charge in [-0.05, 0) is 0 Å². The molecule has 0 saturated carbocycles. The molecule has 17 valence electrons. The molecule has 0 rings (SSSR count). The SMILES string of the molecule is C.[Li].[Li].[Mn]. The van der Waals surface area contributed by atoms with E-state index in [-0.39, 0.29) is 62.2 Å². The normalized spacial score (nSPS) is 0. The number of rotatable bonds is 0. The summed E-state index contributed by atoms with van der Waals surface area (Å²) in [6.07, 6.45) is 0. The molecular weight excluding hydrogens is 80.8 g/mol. The Morgan fingerprint density at radius 2 is 0.750 bits per heavy atom. The van der Waals surface area contributed by atoms with Gasteiger partial charge in [-0.15, -0.1) is 0 Å². The molecule has 0 aromatic rings. The molecule has 0 bridgehead atoms. The predicted octanol–water partition coefficient (Wildman–Crippen LogP) is -0.128. The summed E-state index contributed by atoms with van der Waals surface area (Å²) in [5.41, 5.74) is 0. The molecule has 3 radical (unpaired) electrons. The van der Waals surface area contributed by atoms with Crippen molar-refractivity contribution in [1.82, 2.24) is 0 Å². The fourth-order valence-corrected chi connectivity index (χ4v) is 0. The molecule has 0 spiro atoms. The zero-order valence-corrected chi connectivity index (χ0v) is 3.56. The van der Waals surface area contributed by atoms with Crippen molar-refractivity contribution < 1.29 is 17.1 Å². The summed E-state index contributed by atoms with van der Waals surface area (Å²) in [6, 6.07) is 0. The summed E-state index contributed by atoms with van der Waals surface area (Å²) < 4.78 is 0. The Morgan fingerprint density at radius 3 is 0.750 bits per heavy atom. The second-order valence-electron chi connectivity index (χ2n) is 0. The number of hydrogen-bond acceptors (Lipinski definition) is 0. The van der Waals surface area contributed by atoms with Crippen LogP contribution in [0.4, 0.5) is 0 Å². The van der Waals surface area contributed by atoms with Crippen molar-refractivity contribution in [3.63, 3.8) is 0 Å². The standard InChI is InChI=1S/CH4.2Li.Mn/h1H4;;;. The summed E-state index contributed by atoms with van der Waals surface area (Å²) in [5.74, 6) is 0. The molecular formula is CH4Li2Mn. The molecule has 0 N–H and O–H groups in total. The van der Waals surface area contributed by atoms with Crippen molar-refractivity contribution in [2.75, 3.05) is 0 Å². The van der Waals surface area contributed by atoms with Gasteiger partial charge in [0.25, 0.3) is 0 Å². The van der Waals surface area contributed by atoms with Gasteiger partial charge in [-0.1, -0.05) is 7.43 Å². The Hall–Kier alpha value is 1.71. The molecule has 0 aromatic heterocycles. The molecule has 0 aromatic carbocycles. The summed E-state index contributed by atoms with van der Waals surface area (Å²) in [5, 5.41) is 0. The largest absolute Gasteiger partial charge is 0.0776 e. The second-order valence-corrected chi connectivity index (χ2v) is 0.